The molecule has 118 valence electrons. The van der Waals surface area contributed by atoms with Gasteiger partial charge in [-0.3, -0.25) is 0 Å². The quantitative estimate of drug-likeness (QED) is 0.884. The van der Waals surface area contributed by atoms with Crippen LogP contribution in [0.2, 0.25) is 0 Å². The number of nitrogens with two attached hydrogens (primary N) is 1. The van der Waals surface area contributed by atoms with Crippen molar-refractivity contribution in [2.45, 2.75) is 89.0 Å². The zero-order chi connectivity index (χ0) is 14.7. The van der Waals surface area contributed by atoms with Crippen LogP contribution in [0.15, 0.2) is 18.5 Å². The second-order valence-corrected chi connectivity index (χ2v) is 7.06. The van der Waals surface area contributed by atoms with Gasteiger partial charge in [0.25, 0.3) is 0 Å². The molecule has 1 saturated heterocycles. The van der Waals surface area contributed by atoms with Crippen LogP contribution >= 0.6 is 0 Å². The van der Waals surface area contributed by atoms with Gasteiger partial charge in [-0.2, -0.15) is 0 Å². The van der Waals surface area contributed by atoms with E-state index >= 15 is 0 Å². The minimum absolute atomic E-state index is 0.186. The fourth-order valence-corrected chi connectivity index (χ4v) is 4.09. The molecule has 1 spiro atoms. The lowest BCUT2D eigenvalue weighted by molar-refractivity contribution is -0.0679. The van der Waals surface area contributed by atoms with Gasteiger partial charge >= 0.3 is 0 Å². The van der Waals surface area contributed by atoms with Crippen molar-refractivity contribution in [3.8, 4) is 0 Å². The van der Waals surface area contributed by atoms with Crippen LogP contribution in [-0.4, -0.2) is 16.3 Å². The molecule has 0 aromatic carbocycles. The highest BCUT2D eigenvalue weighted by Gasteiger charge is 2.40. The fourth-order valence-electron chi connectivity index (χ4n) is 4.09. The summed E-state index contributed by atoms with van der Waals surface area (Å²) in [5.74, 6) is 0. The van der Waals surface area contributed by atoms with E-state index < -0.39 is 0 Å². The third-order valence-corrected chi connectivity index (χ3v) is 5.32. The van der Waals surface area contributed by atoms with Crippen LogP contribution in [0.4, 0.5) is 0 Å². The van der Waals surface area contributed by atoms with Gasteiger partial charge in [-0.05, 0) is 43.7 Å². The number of hydrogen-bond donors (Lipinski definition) is 1. The lowest BCUT2D eigenvalue weighted by Crippen LogP contribution is -2.32. The van der Waals surface area contributed by atoms with Gasteiger partial charge in [0.05, 0.1) is 11.7 Å². The molecule has 3 rings (SSSR count). The van der Waals surface area contributed by atoms with Gasteiger partial charge in [-0.25, -0.2) is 0 Å². The van der Waals surface area contributed by atoms with Gasteiger partial charge in [-0.1, -0.05) is 32.6 Å². The highest BCUT2D eigenvalue weighted by atomic mass is 16.5. The molecule has 1 saturated carbocycles. The number of hydrogen-bond acceptors (Lipinski definition) is 2. The predicted molar refractivity (Wildman–Crippen MR) is 86.2 cm³/mol. The molecule has 2 N–H and O–H groups in total. The molecule has 2 unspecified atom stereocenters. The first-order valence-electron chi connectivity index (χ1n) is 8.80. The Morgan fingerprint density at radius 2 is 2.14 bits per heavy atom. The van der Waals surface area contributed by atoms with Gasteiger partial charge in [0, 0.05) is 25.0 Å². The first-order chi connectivity index (χ1) is 10.2. The number of rotatable bonds is 5. The number of ether oxygens (including phenoxy) is 1. The Bertz CT molecular complexity index is 448. The van der Waals surface area contributed by atoms with Crippen LogP contribution in [0.25, 0.3) is 0 Å². The maximum absolute atomic E-state index is 6.46. The number of aromatic nitrogens is 1. The molecule has 3 nitrogen and oxygen atoms in total. The maximum Gasteiger partial charge on any atom is 0.0762 e. The van der Waals surface area contributed by atoms with Gasteiger partial charge in [-0.15, -0.1) is 0 Å². The Labute approximate surface area is 128 Å². The van der Waals surface area contributed by atoms with Crippen LogP contribution in [-0.2, 0) is 11.3 Å². The second kappa shape index (κ2) is 6.53. The van der Waals surface area contributed by atoms with Crippen molar-refractivity contribution in [2.75, 3.05) is 0 Å². The second-order valence-electron chi connectivity index (χ2n) is 7.06. The molecule has 2 heterocycles. The van der Waals surface area contributed by atoms with E-state index in [2.05, 4.69) is 30.0 Å². The highest BCUT2D eigenvalue weighted by Crippen LogP contribution is 2.42. The monoisotopic (exact) mass is 290 g/mol. The van der Waals surface area contributed by atoms with E-state index in [1.807, 2.05) is 0 Å². The van der Waals surface area contributed by atoms with Gasteiger partial charge in [0.2, 0.25) is 0 Å². The minimum Gasteiger partial charge on any atom is -0.370 e. The average Bonchev–Trinajstić information content (AvgIpc) is 3.09. The Hall–Kier alpha value is -0.800. The van der Waals surface area contributed by atoms with Crippen molar-refractivity contribution in [1.82, 2.24) is 4.57 Å². The molecular weight excluding hydrogens is 260 g/mol. The molecule has 21 heavy (non-hydrogen) atoms. The Balaban J connectivity index is 1.55. The van der Waals surface area contributed by atoms with Gasteiger partial charge in [0.15, 0.2) is 0 Å². The molecule has 3 heteroatoms. The van der Waals surface area contributed by atoms with Crippen LogP contribution < -0.4 is 5.73 Å². The normalized spacial score (nSPS) is 26.3. The van der Waals surface area contributed by atoms with E-state index in [1.165, 1.54) is 50.5 Å². The van der Waals surface area contributed by atoms with Crippen LogP contribution in [0.1, 0.15) is 76.3 Å². The number of nitrogens with zero attached hydrogens (tertiary/aromatic N) is 1. The maximum atomic E-state index is 6.46. The summed E-state index contributed by atoms with van der Waals surface area (Å²) in [5, 5.41) is 0. The standard InChI is InChI=1S/C18H30N2O/c1-2-6-17(19)15-8-12-20(13-15)14-16-7-11-18(21-16)9-4-3-5-10-18/h8,12-13,16-17H,2-7,9-11,14,19H2,1H3. The zero-order valence-electron chi connectivity index (χ0n) is 13.4. The molecule has 1 aliphatic heterocycles. The molecule has 2 aliphatic rings. The van der Waals surface area contributed by atoms with Crippen molar-refractivity contribution in [3.63, 3.8) is 0 Å². The smallest absolute Gasteiger partial charge is 0.0762 e. The summed E-state index contributed by atoms with van der Waals surface area (Å²) in [4.78, 5) is 0. The third-order valence-electron chi connectivity index (χ3n) is 5.32. The summed E-state index contributed by atoms with van der Waals surface area (Å²) in [6.45, 7) is 3.17. The van der Waals surface area contributed by atoms with E-state index in [9.17, 15) is 0 Å². The van der Waals surface area contributed by atoms with E-state index in [0.717, 1.165) is 19.4 Å². The molecular formula is C18H30N2O. The summed E-state index contributed by atoms with van der Waals surface area (Å²) in [6, 6.07) is 2.36. The minimum atomic E-state index is 0.186. The van der Waals surface area contributed by atoms with E-state index in [1.54, 1.807) is 0 Å². The van der Waals surface area contributed by atoms with E-state index in [-0.39, 0.29) is 11.6 Å². The molecule has 0 amide bonds. The predicted octanol–water partition coefficient (Wildman–Crippen LogP) is 4.17. The molecule has 1 aliphatic carbocycles. The highest BCUT2D eigenvalue weighted by molar-refractivity contribution is 5.15. The lowest BCUT2D eigenvalue weighted by Gasteiger charge is -2.33. The summed E-state index contributed by atoms with van der Waals surface area (Å²) < 4.78 is 8.73. The van der Waals surface area contributed by atoms with Crippen molar-refractivity contribution < 1.29 is 4.74 Å². The van der Waals surface area contributed by atoms with E-state index in [0.29, 0.717) is 6.10 Å². The molecule has 0 bridgehead atoms. The Morgan fingerprint density at radius 3 is 2.90 bits per heavy atom. The molecule has 1 aromatic heterocycles. The Morgan fingerprint density at radius 1 is 1.33 bits per heavy atom. The van der Waals surface area contributed by atoms with Crippen molar-refractivity contribution in [2.24, 2.45) is 5.73 Å². The Kier molecular flexibility index (Phi) is 4.70. The first kappa shape index (κ1) is 15.1. The van der Waals surface area contributed by atoms with Gasteiger partial charge in [0.1, 0.15) is 0 Å². The molecule has 0 radical (unpaired) electrons. The summed E-state index contributed by atoms with van der Waals surface area (Å²) in [5.41, 5.74) is 7.69. The largest absolute Gasteiger partial charge is 0.370 e. The third kappa shape index (κ3) is 3.51. The molecule has 1 aromatic rings. The van der Waals surface area contributed by atoms with Crippen molar-refractivity contribution >= 4 is 0 Å². The van der Waals surface area contributed by atoms with Crippen LogP contribution in [0.3, 0.4) is 0 Å². The van der Waals surface area contributed by atoms with E-state index in [4.69, 9.17) is 10.5 Å². The van der Waals surface area contributed by atoms with Crippen molar-refractivity contribution in [1.29, 1.82) is 0 Å². The van der Waals surface area contributed by atoms with Crippen LogP contribution in [0.5, 0.6) is 0 Å². The topological polar surface area (TPSA) is 40.2 Å². The molecule has 2 atom stereocenters. The van der Waals surface area contributed by atoms with Crippen LogP contribution in [0, 0.1) is 0 Å². The lowest BCUT2D eigenvalue weighted by atomic mass is 9.83. The zero-order valence-corrected chi connectivity index (χ0v) is 13.4. The summed E-state index contributed by atoms with van der Waals surface area (Å²) in [6.07, 6.45) is 16.1. The summed E-state index contributed by atoms with van der Waals surface area (Å²) in [7, 11) is 0. The first-order valence-corrected chi connectivity index (χ1v) is 8.80. The van der Waals surface area contributed by atoms with Gasteiger partial charge < -0.3 is 15.0 Å². The fraction of sp³-hybridized carbons (Fsp3) is 0.778. The SMILES string of the molecule is CCCC(N)c1ccn(CC2CCC3(CCCCC3)O2)c1. The average molecular weight is 290 g/mol. The summed E-state index contributed by atoms with van der Waals surface area (Å²) >= 11 is 0. The van der Waals surface area contributed by atoms with Crippen molar-refractivity contribution in [3.05, 3.63) is 24.0 Å². The molecule has 2 fully saturated rings.